The molecule has 0 aromatic heterocycles. The van der Waals surface area contributed by atoms with Gasteiger partial charge in [-0.25, -0.2) is 0 Å². The molecule has 0 radical (unpaired) electrons. The van der Waals surface area contributed by atoms with Crippen molar-refractivity contribution in [2.45, 2.75) is 19.9 Å². The summed E-state index contributed by atoms with van der Waals surface area (Å²) in [5.74, 6) is 0.0393. The normalized spacial score (nSPS) is 18.6. The standard InChI is InChI=1S/C27H32N2O7/c1-5-33-19-9-7-17(15-21(19)34-6-2)24-23(26(31)27(32)29(24)12-11-28(3)4)25(30)18-8-10-20-22(16-18)36-14-13-35-20/h7-10,15-16,24,30H,5-6,11-14H2,1-4H3. The predicted octanol–water partition coefficient (Wildman–Crippen LogP) is 0.624. The number of hydrogen-bond donors (Lipinski definition) is 1. The molecule has 2 aromatic carbocycles. The third-order valence-corrected chi connectivity index (χ3v) is 6.07. The lowest BCUT2D eigenvalue weighted by molar-refractivity contribution is -0.857. The molecule has 36 heavy (non-hydrogen) atoms. The monoisotopic (exact) mass is 496 g/mol. The van der Waals surface area contributed by atoms with E-state index in [-0.39, 0.29) is 11.1 Å². The fourth-order valence-electron chi connectivity index (χ4n) is 4.37. The molecule has 1 saturated heterocycles. The van der Waals surface area contributed by atoms with E-state index in [2.05, 4.69) is 0 Å². The largest absolute Gasteiger partial charge is 0.872 e. The van der Waals surface area contributed by atoms with E-state index >= 15 is 0 Å². The second kappa shape index (κ2) is 10.9. The average Bonchev–Trinajstić information content (AvgIpc) is 3.13. The van der Waals surface area contributed by atoms with Crippen LogP contribution < -0.4 is 29.0 Å². The van der Waals surface area contributed by atoms with Crippen molar-refractivity contribution in [2.24, 2.45) is 0 Å². The number of carbonyl (C=O) groups excluding carboxylic acids is 2. The zero-order chi connectivity index (χ0) is 25.8. The fraction of sp³-hybridized carbons (Fsp3) is 0.407. The van der Waals surface area contributed by atoms with Crippen LogP contribution in [0.25, 0.3) is 5.76 Å². The van der Waals surface area contributed by atoms with Crippen LogP contribution in [0.15, 0.2) is 42.0 Å². The van der Waals surface area contributed by atoms with Crippen molar-refractivity contribution in [3.63, 3.8) is 0 Å². The van der Waals surface area contributed by atoms with Crippen LogP contribution in [0.4, 0.5) is 0 Å². The Hall–Kier alpha value is -3.72. The first-order valence-corrected chi connectivity index (χ1v) is 12.2. The summed E-state index contributed by atoms with van der Waals surface area (Å²) in [6.07, 6.45) is 0. The van der Waals surface area contributed by atoms with E-state index in [1.165, 1.54) is 4.90 Å². The zero-order valence-electron chi connectivity index (χ0n) is 21.1. The summed E-state index contributed by atoms with van der Waals surface area (Å²) in [7, 11) is 3.93. The van der Waals surface area contributed by atoms with Crippen LogP contribution in [0.5, 0.6) is 23.0 Å². The number of rotatable bonds is 9. The number of likely N-dealkylation sites (N-methyl/N-ethyl adjacent to an activating group) is 1. The molecular formula is C27H32N2O7. The van der Waals surface area contributed by atoms with Gasteiger partial charge < -0.3 is 33.9 Å². The van der Waals surface area contributed by atoms with E-state index in [0.29, 0.717) is 68.1 Å². The van der Waals surface area contributed by atoms with Gasteiger partial charge in [0, 0.05) is 5.57 Å². The van der Waals surface area contributed by atoms with Gasteiger partial charge in [-0.05, 0) is 49.2 Å². The minimum Gasteiger partial charge on any atom is -0.872 e. The lowest BCUT2D eigenvalue weighted by atomic mass is 9.94. The summed E-state index contributed by atoms with van der Waals surface area (Å²) in [6, 6.07) is 9.23. The SMILES string of the molecule is CCOc1ccc(C2C(=C([O-])c3ccc4c(c3)OCCO4)C(=O)C(=O)N2CC[NH+](C)C)cc1OCC. The number of Topliss-reactive ketones (excluding diaryl/α,β-unsaturated/α-hetero) is 1. The first-order valence-electron chi connectivity index (χ1n) is 12.2. The highest BCUT2D eigenvalue weighted by atomic mass is 16.6. The maximum atomic E-state index is 13.7. The maximum absolute atomic E-state index is 13.7. The number of hydrogen-bond acceptors (Lipinski definition) is 7. The molecule has 2 aliphatic rings. The lowest BCUT2D eigenvalue weighted by Gasteiger charge is -2.28. The number of nitrogens with zero attached hydrogens (tertiary/aromatic N) is 1. The zero-order valence-corrected chi connectivity index (χ0v) is 21.1. The topological polar surface area (TPSA) is 102 Å². The van der Waals surface area contributed by atoms with Gasteiger partial charge in [-0.2, -0.15) is 0 Å². The maximum Gasteiger partial charge on any atom is 0.295 e. The molecule has 9 nitrogen and oxygen atoms in total. The van der Waals surface area contributed by atoms with Crippen LogP contribution in [0, 0.1) is 0 Å². The number of benzene rings is 2. The second-order valence-corrected chi connectivity index (χ2v) is 8.86. The number of ketones is 1. The van der Waals surface area contributed by atoms with Crippen molar-refractivity contribution in [3.8, 4) is 23.0 Å². The quantitative estimate of drug-likeness (QED) is 0.309. The van der Waals surface area contributed by atoms with E-state index in [9.17, 15) is 14.7 Å². The Bertz CT molecular complexity index is 1170. The van der Waals surface area contributed by atoms with Gasteiger partial charge in [-0.3, -0.25) is 9.59 Å². The van der Waals surface area contributed by atoms with Gasteiger partial charge in [-0.1, -0.05) is 17.9 Å². The Morgan fingerprint density at radius 2 is 1.69 bits per heavy atom. The molecule has 0 bridgehead atoms. The Labute approximate surface area is 210 Å². The van der Waals surface area contributed by atoms with Crippen molar-refractivity contribution in [2.75, 3.05) is 53.6 Å². The van der Waals surface area contributed by atoms with E-state index in [1.807, 2.05) is 27.9 Å². The predicted molar refractivity (Wildman–Crippen MR) is 130 cm³/mol. The van der Waals surface area contributed by atoms with Gasteiger partial charge in [0.25, 0.3) is 5.91 Å². The molecule has 1 atom stereocenters. The minimum absolute atomic E-state index is 0.0861. The van der Waals surface area contributed by atoms with Gasteiger partial charge in [0.05, 0.1) is 46.4 Å². The van der Waals surface area contributed by atoms with E-state index in [1.54, 1.807) is 36.4 Å². The summed E-state index contributed by atoms with van der Waals surface area (Å²) in [6.45, 7) is 6.32. The van der Waals surface area contributed by atoms with Crippen LogP contribution in [-0.4, -0.2) is 70.2 Å². The Morgan fingerprint density at radius 1 is 1.00 bits per heavy atom. The number of amides is 1. The third-order valence-electron chi connectivity index (χ3n) is 6.07. The van der Waals surface area contributed by atoms with Gasteiger partial charge in [-0.15, -0.1) is 0 Å². The molecule has 2 heterocycles. The van der Waals surface area contributed by atoms with Crippen LogP contribution in [0.1, 0.15) is 31.0 Å². The molecule has 0 spiro atoms. The highest BCUT2D eigenvalue weighted by molar-refractivity contribution is 6.46. The lowest BCUT2D eigenvalue weighted by Crippen LogP contribution is -3.06. The van der Waals surface area contributed by atoms with Crippen molar-refractivity contribution >= 4 is 17.4 Å². The summed E-state index contributed by atoms with van der Waals surface area (Å²) >= 11 is 0. The average molecular weight is 497 g/mol. The molecule has 1 amide bonds. The molecule has 9 heteroatoms. The highest BCUT2D eigenvalue weighted by Gasteiger charge is 2.44. The van der Waals surface area contributed by atoms with E-state index < -0.39 is 23.5 Å². The van der Waals surface area contributed by atoms with E-state index in [0.717, 1.165) is 4.90 Å². The smallest absolute Gasteiger partial charge is 0.295 e. The Morgan fingerprint density at radius 3 is 2.39 bits per heavy atom. The molecule has 1 N–H and O–H groups in total. The number of carbonyl (C=O) groups is 2. The summed E-state index contributed by atoms with van der Waals surface area (Å²) in [5, 5.41) is 13.7. The molecule has 0 saturated carbocycles. The van der Waals surface area contributed by atoms with Gasteiger partial charge in [0.2, 0.25) is 5.78 Å². The molecule has 1 unspecified atom stereocenters. The summed E-state index contributed by atoms with van der Waals surface area (Å²) in [4.78, 5) is 29.0. The van der Waals surface area contributed by atoms with E-state index in [4.69, 9.17) is 18.9 Å². The molecule has 2 aliphatic heterocycles. The molecule has 4 rings (SSSR count). The van der Waals surface area contributed by atoms with Gasteiger partial charge >= 0.3 is 0 Å². The van der Waals surface area contributed by atoms with Crippen molar-refractivity contribution < 1.29 is 38.5 Å². The highest BCUT2D eigenvalue weighted by Crippen LogP contribution is 2.42. The third kappa shape index (κ3) is 4.97. The van der Waals surface area contributed by atoms with Crippen LogP contribution in [0.2, 0.25) is 0 Å². The molecule has 1 fully saturated rings. The first kappa shape index (κ1) is 25.4. The number of nitrogens with one attached hydrogen (secondary N) is 1. The second-order valence-electron chi connectivity index (χ2n) is 8.86. The number of quaternary nitrogens is 1. The molecular weight excluding hydrogens is 464 g/mol. The Balaban J connectivity index is 1.84. The van der Waals surface area contributed by atoms with Crippen LogP contribution >= 0.6 is 0 Å². The Kier molecular flexibility index (Phi) is 7.69. The number of likely N-dealkylation sites (tertiary alicyclic amines) is 1. The van der Waals surface area contributed by atoms with Crippen molar-refractivity contribution in [1.82, 2.24) is 4.90 Å². The van der Waals surface area contributed by atoms with Gasteiger partial charge in [0.15, 0.2) is 23.0 Å². The van der Waals surface area contributed by atoms with Crippen LogP contribution in [-0.2, 0) is 9.59 Å². The number of ether oxygens (including phenoxy) is 4. The van der Waals surface area contributed by atoms with Crippen molar-refractivity contribution in [1.29, 1.82) is 0 Å². The molecule has 2 aromatic rings. The summed E-state index contributed by atoms with van der Waals surface area (Å²) in [5.41, 5.74) is 0.782. The number of fused-ring (bicyclic) bond motifs is 1. The van der Waals surface area contributed by atoms with Crippen molar-refractivity contribution in [3.05, 3.63) is 53.1 Å². The first-order chi connectivity index (χ1) is 17.3. The molecule has 0 aliphatic carbocycles. The fourth-order valence-corrected chi connectivity index (χ4v) is 4.37. The minimum atomic E-state index is -0.847. The summed E-state index contributed by atoms with van der Waals surface area (Å²) < 4.78 is 22.6. The van der Waals surface area contributed by atoms with Gasteiger partial charge in [0.1, 0.15) is 13.2 Å². The van der Waals surface area contributed by atoms with Crippen LogP contribution in [0.3, 0.4) is 0 Å². The molecule has 192 valence electrons.